The van der Waals surface area contributed by atoms with E-state index < -0.39 is 35.7 Å². The van der Waals surface area contributed by atoms with Crippen molar-refractivity contribution >= 4 is 23.2 Å². The summed E-state index contributed by atoms with van der Waals surface area (Å²) < 4.78 is 27.5. The molecule has 22 heavy (non-hydrogen) atoms. The molecule has 0 aromatic heterocycles. The molecule has 0 radical (unpaired) electrons. The molecule has 0 saturated carbocycles. The number of halogens is 2. The third-order valence-electron chi connectivity index (χ3n) is 2.95. The van der Waals surface area contributed by atoms with Gasteiger partial charge in [0, 0.05) is 12.6 Å². The first-order valence-electron chi connectivity index (χ1n) is 6.56. The van der Waals surface area contributed by atoms with Crippen LogP contribution in [0.3, 0.4) is 0 Å². The lowest BCUT2D eigenvalue weighted by Gasteiger charge is -2.21. The molecular weight excluding hydrogens is 290 g/mol. The fraction of sp³-hybridized carbons (Fsp3) is 0.125. The van der Waals surface area contributed by atoms with Crippen molar-refractivity contribution in [2.45, 2.75) is 6.92 Å². The van der Waals surface area contributed by atoms with Crippen molar-refractivity contribution in [1.29, 1.82) is 0 Å². The summed E-state index contributed by atoms with van der Waals surface area (Å²) in [7, 11) is 0. The number of nitrogens with one attached hydrogen (secondary N) is 1. The molecule has 2 aromatic rings. The molecule has 0 atom stereocenters. The van der Waals surface area contributed by atoms with E-state index in [1.165, 1.54) is 6.07 Å². The van der Waals surface area contributed by atoms with Gasteiger partial charge in [-0.15, -0.1) is 0 Å². The van der Waals surface area contributed by atoms with Crippen molar-refractivity contribution in [3.05, 3.63) is 60.2 Å². The van der Waals surface area contributed by atoms with Gasteiger partial charge in [-0.1, -0.05) is 24.3 Å². The van der Waals surface area contributed by atoms with Gasteiger partial charge in [-0.3, -0.25) is 14.5 Å². The van der Waals surface area contributed by atoms with Gasteiger partial charge in [-0.2, -0.15) is 0 Å². The van der Waals surface area contributed by atoms with Gasteiger partial charge in [0.1, 0.15) is 23.9 Å². The summed E-state index contributed by atoms with van der Waals surface area (Å²) in [6.07, 6.45) is 0. The highest BCUT2D eigenvalue weighted by Crippen LogP contribution is 2.23. The zero-order valence-electron chi connectivity index (χ0n) is 11.8. The highest BCUT2D eigenvalue weighted by atomic mass is 19.1. The van der Waals surface area contributed by atoms with Gasteiger partial charge >= 0.3 is 0 Å². The van der Waals surface area contributed by atoms with Crippen LogP contribution in [-0.4, -0.2) is 18.4 Å². The summed E-state index contributed by atoms with van der Waals surface area (Å²) >= 11 is 0. The number of amides is 2. The second-order valence-corrected chi connectivity index (χ2v) is 4.59. The molecule has 0 heterocycles. The fourth-order valence-electron chi connectivity index (χ4n) is 1.96. The minimum Gasteiger partial charge on any atom is -0.325 e. The number of rotatable bonds is 4. The quantitative estimate of drug-likeness (QED) is 0.944. The average molecular weight is 304 g/mol. The van der Waals surface area contributed by atoms with Crippen LogP contribution in [-0.2, 0) is 9.59 Å². The zero-order valence-corrected chi connectivity index (χ0v) is 11.8. The van der Waals surface area contributed by atoms with E-state index in [9.17, 15) is 18.4 Å². The third kappa shape index (κ3) is 3.66. The van der Waals surface area contributed by atoms with Gasteiger partial charge in [0.15, 0.2) is 0 Å². The number of nitrogens with zero attached hydrogens (tertiary/aromatic N) is 1. The van der Waals surface area contributed by atoms with Crippen molar-refractivity contribution < 1.29 is 18.4 Å². The maximum absolute atomic E-state index is 13.8. The van der Waals surface area contributed by atoms with Crippen molar-refractivity contribution in [3.8, 4) is 0 Å². The van der Waals surface area contributed by atoms with E-state index in [1.807, 2.05) is 0 Å². The molecule has 2 amide bonds. The first-order valence-corrected chi connectivity index (χ1v) is 6.56. The number of carbonyl (C=O) groups is 2. The molecule has 0 saturated heterocycles. The van der Waals surface area contributed by atoms with E-state index in [0.29, 0.717) is 5.69 Å². The Bertz CT molecular complexity index is 670. The van der Waals surface area contributed by atoms with E-state index in [-0.39, 0.29) is 0 Å². The molecule has 0 spiro atoms. The number of carbonyl (C=O) groups excluding carboxylic acids is 2. The minimum atomic E-state index is -0.900. The summed E-state index contributed by atoms with van der Waals surface area (Å²) in [5.74, 6) is -2.98. The molecule has 0 aliphatic rings. The van der Waals surface area contributed by atoms with Crippen LogP contribution in [0.4, 0.5) is 20.2 Å². The molecule has 6 heteroatoms. The Hall–Kier alpha value is -2.76. The molecule has 0 bridgehead atoms. The van der Waals surface area contributed by atoms with Crippen LogP contribution in [0.1, 0.15) is 6.92 Å². The standard InChI is InChI=1S/C16H14F2N2O2/c1-11(21)20(16-13(17)8-5-9-14(16)18)10-15(22)19-12-6-3-2-4-7-12/h2-9H,10H2,1H3,(H,19,22). The van der Waals surface area contributed by atoms with Crippen LogP contribution in [0.5, 0.6) is 0 Å². The summed E-state index contributed by atoms with van der Waals surface area (Å²) in [6.45, 7) is 0.657. The first-order chi connectivity index (χ1) is 10.5. The van der Waals surface area contributed by atoms with Gasteiger partial charge in [0.2, 0.25) is 11.8 Å². The molecular formula is C16H14F2N2O2. The number of hydrogen-bond acceptors (Lipinski definition) is 2. The van der Waals surface area contributed by atoms with Crippen molar-refractivity contribution in [2.24, 2.45) is 0 Å². The second kappa shape index (κ2) is 6.80. The third-order valence-corrected chi connectivity index (χ3v) is 2.95. The van der Waals surface area contributed by atoms with Gasteiger partial charge in [0.25, 0.3) is 0 Å². The van der Waals surface area contributed by atoms with Crippen LogP contribution >= 0.6 is 0 Å². The van der Waals surface area contributed by atoms with Crippen LogP contribution in [0.15, 0.2) is 48.5 Å². The predicted octanol–water partition coefficient (Wildman–Crippen LogP) is 2.96. The lowest BCUT2D eigenvalue weighted by molar-refractivity contribution is -0.120. The smallest absolute Gasteiger partial charge is 0.244 e. The van der Waals surface area contributed by atoms with E-state index in [0.717, 1.165) is 24.0 Å². The predicted molar refractivity (Wildman–Crippen MR) is 79.5 cm³/mol. The molecule has 0 aliphatic carbocycles. The van der Waals surface area contributed by atoms with Crippen LogP contribution in [0, 0.1) is 11.6 Å². The van der Waals surface area contributed by atoms with Gasteiger partial charge < -0.3 is 5.32 Å². The molecule has 2 aromatic carbocycles. The molecule has 114 valence electrons. The average Bonchev–Trinajstić information content (AvgIpc) is 2.46. The van der Waals surface area contributed by atoms with Crippen molar-refractivity contribution in [3.63, 3.8) is 0 Å². The number of hydrogen-bond donors (Lipinski definition) is 1. The SMILES string of the molecule is CC(=O)N(CC(=O)Nc1ccccc1)c1c(F)cccc1F. The monoisotopic (exact) mass is 304 g/mol. The highest BCUT2D eigenvalue weighted by molar-refractivity contribution is 6.01. The lowest BCUT2D eigenvalue weighted by atomic mass is 10.2. The Morgan fingerprint density at radius 3 is 2.14 bits per heavy atom. The van der Waals surface area contributed by atoms with Gasteiger partial charge in [-0.05, 0) is 24.3 Å². The Morgan fingerprint density at radius 2 is 1.59 bits per heavy atom. The Kier molecular flexibility index (Phi) is 4.83. The highest BCUT2D eigenvalue weighted by Gasteiger charge is 2.22. The van der Waals surface area contributed by atoms with Crippen molar-refractivity contribution in [1.82, 2.24) is 0 Å². The van der Waals surface area contributed by atoms with Crippen LogP contribution < -0.4 is 10.2 Å². The molecule has 1 N–H and O–H groups in total. The number of benzene rings is 2. The first kappa shape index (κ1) is 15.6. The Morgan fingerprint density at radius 1 is 1.00 bits per heavy atom. The Balaban J connectivity index is 2.19. The lowest BCUT2D eigenvalue weighted by Crippen LogP contribution is -2.37. The van der Waals surface area contributed by atoms with Crippen LogP contribution in [0.25, 0.3) is 0 Å². The molecule has 2 rings (SSSR count). The van der Waals surface area contributed by atoms with Crippen LogP contribution in [0.2, 0.25) is 0 Å². The van der Waals surface area contributed by atoms with E-state index in [1.54, 1.807) is 30.3 Å². The number of para-hydroxylation sites is 2. The van der Waals surface area contributed by atoms with E-state index >= 15 is 0 Å². The molecule has 4 nitrogen and oxygen atoms in total. The van der Waals surface area contributed by atoms with Gasteiger partial charge in [0.05, 0.1) is 0 Å². The summed E-state index contributed by atoms with van der Waals surface area (Å²) in [4.78, 5) is 24.4. The Labute approximate surface area is 126 Å². The van der Waals surface area contributed by atoms with E-state index in [2.05, 4.69) is 5.32 Å². The summed E-state index contributed by atoms with van der Waals surface area (Å²) in [5, 5.41) is 2.56. The zero-order chi connectivity index (χ0) is 16.1. The summed E-state index contributed by atoms with van der Waals surface area (Å²) in [6, 6.07) is 11.8. The maximum atomic E-state index is 13.8. The topological polar surface area (TPSA) is 49.4 Å². The van der Waals surface area contributed by atoms with E-state index in [4.69, 9.17) is 0 Å². The fourth-order valence-corrected chi connectivity index (χ4v) is 1.96. The molecule has 0 fully saturated rings. The molecule has 0 unspecified atom stereocenters. The van der Waals surface area contributed by atoms with Crippen molar-refractivity contribution in [2.75, 3.05) is 16.8 Å². The van der Waals surface area contributed by atoms with Gasteiger partial charge in [-0.25, -0.2) is 8.78 Å². The largest absolute Gasteiger partial charge is 0.325 e. The minimum absolute atomic E-state index is 0.484. The second-order valence-electron chi connectivity index (χ2n) is 4.59. The number of anilines is 2. The summed E-state index contributed by atoms with van der Waals surface area (Å²) in [5.41, 5.74) is 0.00298. The normalized spacial score (nSPS) is 10.1. The maximum Gasteiger partial charge on any atom is 0.244 e. The molecule has 0 aliphatic heterocycles.